The van der Waals surface area contributed by atoms with Gasteiger partial charge in [0.2, 0.25) is 0 Å². The molecule has 5 nitrogen and oxygen atoms in total. The van der Waals surface area contributed by atoms with Gasteiger partial charge in [0.05, 0.1) is 6.42 Å². The lowest BCUT2D eigenvalue weighted by Gasteiger charge is -2.58. The fourth-order valence-corrected chi connectivity index (χ4v) is 7.34. The first-order valence-electron chi connectivity index (χ1n) is 11.8. The van der Waals surface area contributed by atoms with Gasteiger partial charge in [-0.15, -0.1) is 6.42 Å². The van der Waals surface area contributed by atoms with Crippen molar-refractivity contribution in [3.05, 3.63) is 23.8 Å². The van der Waals surface area contributed by atoms with Crippen LogP contribution in [0.25, 0.3) is 0 Å². The van der Waals surface area contributed by atoms with Crippen LogP contribution in [-0.4, -0.2) is 28.2 Å². The van der Waals surface area contributed by atoms with E-state index in [4.69, 9.17) is 16.0 Å². The lowest BCUT2D eigenvalue weighted by molar-refractivity contribution is -0.342. The smallest absolute Gasteiger partial charge is 0.311 e. The number of carbonyl (C=O) groups excluding carboxylic acids is 2. The van der Waals surface area contributed by atoms with Gasteiger partial charge in [0.15, 0.2) is 11.4 Å². The molecule has 0 aromatic rings. The Morgan fingerprint density at radius 3 is 2.71 bits per heavy atom. The number of ether oxygens (including phenoxy) is 1. The van der Waals surface area contributed by atoms with E-state index in [1.54, 1.807) is 6.08 Å². The summed E-state index contributed by atoms with van der Waals surface area (Å²) in [6.45, 7) is 4.22. The van der Waals surface area contributed by atoms with E-state index in [2.05, 4.69) is 12.8 Å². The second-order valence-corrected chi connectivity index (χ2v) is 10.1. The van der Waals surface area contributed by atoms with Crippen molar-refractivity contribution in [2.75, 3.05) is 0 Å². The van der Waals surface area contributed by atoms with Gasteiger partial charge in [-0.3, -0.25) is 14.8 Å². The van der Waals surface area contributed by atoms with Crippen LogP contribution in [0.1, 0.15) is 78.1 Å². The number of terminal acetylenes is 1. The molecule has 31 heavy (non-hydrogen) atoms. The van der Waals surface area contributed by atoms with E-state index >= 15 is 0 Å². The molecule has 6 atom stereocenters. The minimum atomic E-state index is -0.883. The molecule has 0 radical (unpaired) electrons. The summed E-state index contributed by atoms with van der Waals surface area (Å²) < 4.78 is 6.06. The average Bonchev–Trinajstić information content (AvgIpc) is 3.06. The average molecular weight is 427 g/mol. The van der Waals surface area contributed by atoms with Gasteiger partial charge in [-0.1, -0.05) is 31.9 Å². The van der Waals surface area contributed by atoms with Crippen LogP contribution in [0, 0.1) is 35.5 Å². The first-order chi connectivity index (χ1) is 14.9. The van der Waals surface area contributed by atoms with Gasteiger partial charge in [0, 0.05) is 11.8 Å². The van der Waals surface area contributed by atoms with Crippen molar-refractivity contribution in [1.82, 2.24) is 0 Å². The van der Waals surface area contributed by atoms with Crippen LogP contribution in [0.2, 0.25) is 0 Å². The van der Waals surface area contributed by atoms with E-state index < -0.39 is 11.2 Å². The van der Waals surface area contributed by atoms with Gasteiger partial charge in [-0.2, -0.15) is 0 Å². The van der Waals surface area contributed by atoms with Gasteiger partial charge < -0.3 is 4.74 Å². The van der Waals surface area contributed by atoms with Crippen LogP contribution in [0.5, 0.6) is 0 Å². The van der Waals surface area contributed by atoms with Crippen molar-refractivity contribution < 1.29 is 24.5 Å². The normalized spacial score (nSPS) is 41.7. The van der Waals surface area contributed by atoms with Gasteiger partial charge in [0.25, 0.3) is 0 Å². The lowest BCUT2D eigenvalue weighted by atomic mass is 9.49. The minimum absolute atomic E-state index is 0.123. The molecule has 4 aliphatic carbocycles. The van der Waals surface area contributed by atoms with Crippen LogP contribution in [0.15, 0.2) is 23.8 Å². The Balaban J connectivity index is 1.61. The molecule has 1 N–H and O–H groups in total. The number of hydrogen-bond acceptors (Lipinski definition) is 5. The largest absolute Gasteiger partial charge is 0.445 e. The standard InChI is InChI=1S/C26H34O5/c1-4-6-7-8-23(28)30-25(5-2)15-13-21-20-10-9-18-17-19(27)11-16-26(18,31-29)22(20)12-14-24(21,25)3/h2,6-7,17,20-22,29H,4,8-16H2,1,3H3/b7-6-/t20-,21-,22-,24-,25-,26-/m0/s1. The van der Waals surface area contributed by atoms with Crippen molar-refractivity contribution in [1.29, 1.82) is 0 Å². The van der Waals surface area contributed by atoms with Crippen LogP contribution < -0.4 is 0 Å². The first-order valence-corrected chi connectivity index (χ1v) is 11.8. The zero-order valence-electron chi connectivity index (χ0n) is 18.7. The van der Waals surface area contributed by atoms with Crippen molar-refractivity contribution in [3.63, 3.8) is 0 Å². The minimum Gasteiger partial charge on any atom is -0.445 e. The maximum Gasteiger partial charge on any atom is 0.311 e. The van der Waals surface area contributed by atoms with Crippen LogP contribution in [-0.2, 0) is 19.2 Å². The third-order valence-corrected chi connectivity index (χ3v) is 8.90. The number of esters is 1. The predicted octanol–water partition coefficient (Wildman–Crippen LogP) is 5.01. The molecule has 3 saturated carbocycles. The monoisotopic (exact) mass is 426 g/mol. The number of allylic oxidation sites excluding steroid dienone is 1. The third-order valence-electron chi connectivity index (χ3n) is 8.90. The van der Waals surface area contributed by atoms with Crippen LogP contribution in [0.3, 0.4) is 0 Å². The summed E-state index contributed by atoms with van der Waals surface area (Å²) in [5.41, 5.74) is -0.978. The molecule has 0 saturated heterocycles. The Morgan fingerprint density at radius 2 is 2.00 bits per heavy atom. The highest BCUT2D eigenvalue weighted by molar-refractivity contribution is 5.92. The van der Waals surface area contributed by atoms with Crippen LogP contribution >= 0.6 is 0 Å². The second-order valence-electron chi connectivity index (χ2n) is 10.1. The summed E-state index contributed by atoms with van der Waals surface area (Å²) in [4.78, 5) is 29.8. The third kappa shape index (κ3) is 3.31. The van der Waals surface area contributed by atoms with Crippen molar-refractivity contribution in [2.45, 2.75) is 89.3 Å². The Labute approximate surface area is 185 Å². The van der Waals surface area contributed by atoms with Gasteiger partial charge in [-0.25, -0.2) is 4.89 Å². The molecule has 0 amide bonds. The van der Waals surface area contributed by atoms with E-state index in [1.807, 2.05) is 19.1 Å². The summed E-state index contributed by atoms with van der Waals surface area (Å²) in [6, 6.07) is 0. The van der Waals surface area contributed by atoms with E-state index in [0.29, 0.717) is 31.1 Å². The van der Waals surface area contributed by atoms with E-state index in [0.717, 1.165) is 44.1 Å². The fraction of sp³-hybridized carbons (Fsp3) is 0.692. The molecular weight excluding hydrogens is 392 g/mol. The number of rotatable bonds is 5. The highest BCUT2D eigenvalue weighted by Crippen LogP contribution is 2.66. The summed E-state index contributed by atoms with van der Waals surface area (Å²) in [5, 5.41) is 10.0. The maximum absolute atomic E-state index is 12.6. The second kappa shape index (κ2) is 8.22. The molecular formula is C26H34O5. The summed E-state index contributed by atoms with van der Waals surface area (Å²) in [6.07, 6.45) is 18.6. The van der Waals surface area contributed by atoms with Gasteiger partial charge >= 0.3 is 5.97 Å². The fourth-order valence-electron chi connectivity index (χ4n) is 7.34. The Hall–Kier alpha value is -1.90. The lowest BCUT2D eigenvalue weighted by Crippen LogP contribution is -2.59. The van der Waals surface area contributed by atoms with Crippen molar-refractivity contribution in [2.24, 2.45) is 23.2 Å². The summed E-state index contributed by atoms with van der Waals surface area (Å²) in [7, 11) is 0. The SMILES string of the molecule is C#C[C@]1(OC(=O)C/C=C\CC)CC[C@H]2[C@@H]3CCC4=CC(=O)CC[C@@]4(OO)[C@H]3CC[C@@]21C. The highest BCUT2D eigenvalue weighted by atomic mass is 17.1. The summed E-state index contributed by atoms with van der Waals surface area (Å²) in [5.74, 6) is 3.55. The molecule has 0 aromatic carbocycles. The highest BCUT2D eigenvalue weighted by Gasteiger charge is 2.67. The predicted molar refractivity (Wildman–Crippen MR) is 117 cm³/mol. The number of hydrogen-bond donors (Lipinski definition) is 1. The maximum atomic E-state index is 12.6. The van der Waals surface area contributed by atoms with E-state index in [9.17, 15) is 14.8 Å². The molecule has 4 rings (SSSR count). The summed E-state index contributed by atoms with van der Waals surface area (Å²) >= 11 is 0. The first kappa shape index (κ1) is 22.3. The quantitative estimate of drug-likeness (QED) is 0.220. The number of fused-ring (bicyclic) bond motifs is 5. The Kier molecular flexibility index (Phi) is 5.91. The molecule has 4 aliphatic rings. The molecule has 0 spiro atoms. The molecule has 0 heterocycles. The molecule has 0 aromatic heterocycles. The topological polar surface area (TPSA) is 72.8 Å². The van der Waals surface area contributed by atoms with E-state index in [-0.39, 0.29) is 29.5 Å². The zero-order valence-corrected chi connectivity index (χ0v) is 18.7. The van der Waals surface area contributed by atoms with Crippen molar-refractivity contribution in [3.8, 4) is 12.3 Å². The zero-order chi connectivity index (χ0) is 22.3. The van der Waals surface area contributed by atoms with Crippen molar-refractivity contribution >= 4 is 11.8 Å². The molecule has 168 valence electrons. The number of carbonyl (C=O) groups is 2. The number of ketones is 1. The Bertz CT molecular complexity index is 850. The molecule has 5 heteroatoms. The van der Waals surface area contributed by atoms with Gasteiger partial charge in [-0.05, 0) is 80.8 Å². The Morgan fingerprint density at radius 1 is 1.23 bits per heavy atom. The molecule has 3 fully saturated rings. The van der Waals surface area contributed by atoms with Gasteiger partial charge in [0.1, 0.15) is 5.60 Å². The molecule has 0 bridgehead atoms. The molecule has 0 unspecified atom stereocenters. The van der Waals surface area contributed by atoms with Crippen LogP contribution in [0.4, 0.5) is 0 Å². The van der Waals surface area contributed by atoms with E-state index in [1.165, 1.54) is 0 Å². The molecule has 0 aliphatic heterocycles.